The van der Waals surface area contributed by atoms with Gasteiger partial charge in [0.1, 0.15) is 0 Å². The van der Waals surface area contributed by atoms with Crippen molar-refractivity contribution in [3.05, 3.63) is 48.0 Å². The van der Waals surface area contributed by atoms with E-state index in [9.17, 15) is 4.79 Å². The van der Waals surface area contributed by atoms with E-state index in [2.05, 4.69) is 58.2 Å². The number of amides is 1. The maximum absolute atomic E-state index is 11.1. The number of hydrogen-bond acceptors (Lipinski definition) is 4. The molecular weight excluding hydrogens is 300 g/mol. The van der Waals surface area contributed by atoms with Crippen LogP contribution in [-0.2, 0) is 4.79 Å². The summed E-state index contributed by atoms with van der Waals surface area (Å²) in [7, 11) is 0. The third kappa shape index (κ3) is 2.90. The van der Waals surface area contributed by atoms with Crippen molar-refractivity contribution in [2.45, 2.75) is 24.9 Å². The predicted octanol–water partition coefficient (Wildman–Crippen LogP) is 1.55. The number of rotatable bonds is 4. The first-order valence-electron chi connectivity index (χ1n) is 8.72. The van der Waals surface area contributed by atoms with Gasteiger partial charge in [-0.3, -0.25) is 10.2 Å². The van der Waals surface area contributed by atoms with Crippen molar-refractivity contribution in [2.75, 3.05) is 19.6 Å². The summed E-state index contributed by atoms with van der Waals surface area (Å²) < 4.78 is 0. The number of fused-ring (bicyclic) bond motifs is 2. The molecule has 2 aromatic rings. The Labute approximate surface area is 142 Å². The topological polar surface area (TPSA) is 70.4 Å². The fourth-order valence-corrected chi connectivity index (χ4v) is 4.17. The molecule has 2 heterocycles. The molecule has 0 aliphatic carbocycles. The third-order valence-corrected chi connectivity index (χ3v) is 5.43. The lowest BCUT2D eigenvalue weighted by molar-refractivity contribution is -0.118. The van der Waals surface area contributed by atoms with Gasteiger partial charge in [0.15, 0.2) is 0 Å². The first-order chi connectivity index (χ1) is 11.7. The first kappa shape index (κ1) is 15.6. The molecule has 2 aromatic carbocycles. The normalized spacial score (nSPS) is 27.2. The molecular formula is C19H24N4O. The fraction of sp³-hybridized carbons (Fsp3) is 0.421. The monoisotopic (exact) mass is 324 g/mol. The first-order valence-corrected chi connectivity index (χ1v) is 8.72. The summed E-state index contributed by atoms with van der Waals surface area (Å²) in [4.78, 5) is 13.4. The van der Waals surface area contributed by atoms with Crippen LogP contribution in [0, 0.1) is 5.92 Å². The van der Waals surface area contributed by atoms with Gasteiger partial charge in [0, 0.05) is 31.5 Å². The minimum Gasteiger partial charge on any atom is -0.370 e. The van der Waals surface area contributed by atoms with E-state index in [1.807, 2.05) is 0 Å². The number of carbonyl (C=O) groups is 1. The van der Waals surface area contributed by atoms with Crippen LogP contribution in [0.2, 0.25) is 0 Å². The average molecular weight is 324 g/mol. The van der Waals surface area contributed by atoms with Gasteiger partial charge in [-0.1, -0.05) is 42.5 Å². The number of nitrogens with two attached hydrogens (primary N) is 1. The van der Waals surface area contributed by atoms with E-state index >= 15 is 0 Å². The van der Waals surface area contributed by atoms with Gasteiger partial charge in [0.05, 0.1) is 6.04 Å². The number of benzene rings is 2. The Morgan fingerprint density at radius 3 is 2.88 bits per heavy atom. The standard InChI is InChI=1S/C19H24N4O/c20-18(24)9-11-23-10-8-17-16(12-23)19(22-21-17)15-7-3-5-13-4-1-2-6-14(13)15/h1-7,16-17,19,21-22H,8-12H2,(H2,20,24). The lowest BCUT2D eigenvalue weighted by Gasteiger charge is -2.36. The Morgan fingerprint density at radius 1 is 1.17 bits per heavy atom. The van der Waals surface area contributed by atoms with Gasteiger partial charge in [-0.05, 0) is 29.3 Å². The molecule has 4 N–H and O–H groups in total. The molecule has 3 unspecified atom stereocenters. The Bertz CT molecular complexity index is 742. The Kier molecular flexibility index (Phi) is 4.22. The minimum atomic E-state index is -0.217. The number of likely N-dealkylation sites (tertiary alicyclic amines) is 1. The molecule has 0 spiro atoms. The smallest absolute Gasteiger partial charge is 0.218 e. The van der Waals surface area contributed by atoms with Crippen LogP contribution in [0.15, 0.2) is 42.5 Å². The van der Waals surface area contributed by atoms with E-state index in [1.165, 1.54) is 16.3 Å². The van der Waals surface area contributed by atoms with E-state index in [1.54, 1.807) is 0 Å². The highest BCUT2D eigenvalue weighted by molar-refractivity contribution is 5.86. The van der Waals surface area contributed by atoms with Crippen LogP contribution in [-0.4, -0.2) is 36.5 Å². The quantitative estimate of drug-likeness (QED) is 0.798. The molecule has 2 aliphatic heterocycles. The van der Waals surface area contributed by atoms with Gasteiger partial charge in [-0.15, -0.1) is 0 Å². The van der Waals surface area contributed by atoms with Crippen LogP contribution in [0.1, 0.15) is 24.4 Å². The number of nitrogens with zero attached hydrogens (tertiary/aromatic N) is 1. The van der Waals surface area contributed by atoms with Crippen LogP contribution < -0.4 is 16.6 Å². The molecule has 0 radical (unpaired) electrons. The number of carbonyl (C=O) groups excluding carboxylic acids is 1. The summed E-state index contributed by atoms with van der Waals surface area (Å²) in [5.41, 5.74) is 13.7. The van der Waals surface area contributed by atoms with E-state index in [-0.39, 0.29) is 11.9 Å². The Morgan fingerprint density at radius 2 is 2.00 bits per heavy atom. The van der Waals surface area contributed by atoms with E-state index in [4.69, 9.17) is 5.73 Å². The molecule has 126 valence electrons. The zero-order chi connectivity index (χ0) is 16.5. The highest BCUT2D eigenvalue weighted by Crippen LogP contribution is 2.36. The largest absolute Gasteiger partial charge is 0.370 e. The van der Waals surface area contributed by atoms with Crippen molar-refractivity contribution < 1.29 is 4.79 Å². The maximum atomic E-state index is 11.1. The van der Waals surface area contributed by atoms with Crippen molar-refractivity contribution >= 4 is 16.7 Å². The van der Waals surface area contributed by atoms with Crippen molar-refractivity contribution in [2.24, 2.45) is 11.7 Å². The summed E-state index contributed by atoms with van der Waals surface area (Å²) >= 11 is 0. The Hall–Kier alpha value is -1.95. The molecule has 3 atom stereocenters. The van der Waals surface area contributed by atoms with Crippen LogP contribution in [0.5, 0.6) is 0 Å². The predicted molar refractivity (Wildman–Crippen MR) is 95.1 cm³/mol. The van der Waals surface area contributed by atoms with Gasteiger partial charge in [-0.2, -0.15) is 0 Å². The van der Waals surface area contributed by atoms with Crippen molar-refractivity contribution in [1.82, 2.24) is 15.8 Å². The molecule has 0 aromatic heterocycles. The van der Waals surface area contributed by atoms with Crippen LogP contribution >= 0.6 is 0 Å². The second-order valence-electron chi connectivity index (χ2n) is 6.91. The molecule has 2 saturated heterocycles. The van der Waals surface area contributed by atoms with Gasteiger partial charge in [0.2, 0.25) is 5.91 Å². The number of piperidine rings is 1. The zero-order valence-corrected chi connectivity index (χ0v) is 13.7. The van der Waals surface area contributed by atoms with E-state index in [0.29, 0.717) is 18.4 Å². The summed E-state index contributed by atoms with van der Waals surface area (Å²) in [6.07, 6.45) is 1.54. The third-order valence-electron chi connectivity index (χ3n) is 5.43. The number of hydrogen-bond donors (Lipinski definition) is 3. The van der Waals surface area contributed by atoms with Crippen molar-refractivity contribution in [1.29, 1.82) is 0 Å². The second kappa shape index (κ2) is 6.51. The van der Waals surface area contributed by atoms with Crippen LogP contribution in [0.3, 0.4) is 0 Å². The van der Waals surface area contributed by atoms with E-state index in [0.717, 1.165) is 26.1 Å². The molecule has 0 bridgehead atoms. The van der Waals surface area contributed by atoms with Gasteiger partial charge in [0.25, 0.3) is 0 Å². The highest BCUT2D eigenvalue weighted by atomic mass is 16.1. The molecule has 24 heavy (non-hydrogen) atoms. The Balaban J connectivity index is 1.58. The molecule has 4 rings (SSSR count). The fourth-order valence-electron chi connectivity index (χ4n) is 4.17. The van der Waals surface area contributed by atoms with E-state index < -0.39 is 0 Å². The van der Waals surface area contributed by atoms with Gasteiger partial charge >= 0.3 is 0 Å². The lowest BCUT2D eigenvalue weighted by atomic mass is 9.83. The molecule has 5 heteroatoms. The van der Waals surface area contributed by atoms with Crippen molar-refractivity contribution in [3.63, 3.8) is 0 Å². The number of hydrazine groups is 1. The van der Waals surface area contributed by atoms with Crippen molar-refractivity contribution in [3.8, 4) is 0 Å². The van der Waals surface area contributed by atoms with Crippen LogP contribution in [0.4, 0.5) is 0 Å². The highest BCUT2D eigenvalue weighted by Gasteiger charge is 2.40. The minimum absolute atomic E-state index is 0.217. The summed E-state index contributed by atoms with van der Waals surface area (Å²) in [5, 5.41) is 2.59. The number of primary amides is 1. The summed E-state index contributed by atoms with van der Waals surface area (Å²) in [6.45, 7) is 2.78. The molecule has 5 nitrogen and oxygen atoms in total. The summed E-state index contributed by atoms with van der Waals surface area (Å²) in [5.74, 6) is 0.280. The SMILES string of the molecule is NC(=O)CCN1CCC2NNC(c3cccc4ccccc34)C2C1. The zero-order valence-electron chi connectivity index (χ0n) is 13.7. The van der Waals surface area contributed by atoms with Gasteiger partial charge < -0.3 is 10.6 Å². The average Bonchev–Trinajstić information content (AvgIpc) is 3.02. The lowest BCUT2D eigenvalue weighted by Crippen LogP contribution is -2.46. The van der Waals surface area contributed by atoms with Gasteiger partial charge in [-0.25, -0.2) is 5.43 Å². The molecule has 0 saturated carbocycles. The second-order valence-corrected chi connectivity index (χ2v) is 6.91. The van der Waals surface area contributed by atoms with Crippen LogP contribution in [0.25, 0.3) is 10.8 Å². The maximum Gasteiger partial charge on any atom is 0.218 e. The molecule has 2 fully saturated rings. The molecule has 2 aliphatic rings. The number of nitrogens with one attached hydrogen (secondary N) is 2. The molecule has 1 amide bonds. The summed E-state index contributed by atoms with van der Waals surface area (Å²) in [6, 6.07) is 15.9.